The molecule has 0 saturated carbocycles. The molecule has 2 atom stereocenters. The first-order valence-electron chi connectivity index (χ1n) is 15.2. The van der Waals surface area contributed by atoms with Gasteiger partial charge in [-0.2, -0.15) is 0 Å². The molecule has 1 aromatic heterocycles. The fourth-order valence-corrected chi connectivity index (χ4v) is 6.42. The molecule has 0 bridgehead atoms. The van der Waals surface area contributed by atoms with Crippen LogP contribution in [0, 0.1) is 23.2 Å². The van der Waals surface area contributed by atoms with Crippen LogP contribution < -0.4 is 15.0 Å². The van der Waals surface area contributed by atoms with Crippen LogP contribution in [0.15, 0.2) is 36.7 Å². The van der Waals surface area contributed by atoms with Crippen molar-refractivity contribution in [1.82, 2.24) is 9.97 Å². The van der Waals surface area contributed by atoms with Crippen LogP contribution >= 0.6 is 11.6 Å². The Bertz CT molecular complexity index is 1320. The average Bonchev–Trinajstić information content (AvgIpc) is 2.96. The van der Waals surface area contributed by atoms with Crippen LogP contribution in [-0.4, -0.2) is 29.5 Å². The fourth-order valence-electron chi connectivity index (χ4n) is 6.11. The predicted octanol–water partition coefficient (Wildman–Crippen LogP) is 9.47. The highest BCUT2D eigenvalue weighted by Crippen LogP contribution is 2.47. The van der Waals surface area contributed by atoms with E-state index < -0.39 is 0 Å². The molecule has 1 heterocycles. The second kappa shape index (κ2) is 14.4. The third kappa shape index (κ3) is 7.14. The maximum atomic E-state index is 13.5. The minimum atomic E-state index is -0.0372. The van der Waals surface area contributed by atoms with Gasteiger partial charge < -0.3 is 15.0 Å². The minimum Gasteiger partial charge on any atom is -0.494 e. The summed E-state index contributed by atoms with van der Waals surface area (Å²) in [5.41, 5.74) is 3.37. The number of methoxy groups -OCH3 is 1. The van der Waals surface area contributed by atoms with Crippen molar-refractivity contribution < 1.29 is 9.53 Å². The van der Waals surface area contributed by atoms with Crippen LogP contribution in [0.2, 0.25) is 5.02 Å². The first kappa shape index (κ1) is 32.7. The van der Waals surface area contributed by atoms with Crippen molar-refractivity contribution in [2.24, 2.45) is 23.2 Å². The summed E-state index contributed by atoms with van der Waals surface area (Å²) < 4.78 is 5.89. The highest BCUT2D eigenvalue weighted by atomic mass is 35.5. The van der Waals surface area contributed by atoms with Crippen molar-refractivity contribution in [3.8, 4) is 5.75 Å². The Kier molecular flexibility index (Phi) is 11.4. The number of hydrogen-bond acceptors (Lipinski definition) is 5. The van der Waals surface area contributed by atoms with Crippen molar-refractivity contribution in [3.63, 3.8) is 0 Å². The van der Waals surface area contributed by atoms with E-state index in [1.165, 1.54) is 0 Å². The van der Waals surface area contributed by atoms with Gasteiger partial charge in [-0.25, -0.2) is 9.97 Å². The minimum absolute atomic E-state index is 0.00218. The van der Waals surface area contributed by atoms with Gasteiger partial charge in [0.1, 0.15) is 17.9 Å². The fraction of sp³-hybridized carbons (Fsp3) is 0.559. The molecular formula is C34H49ClN4O2. The number of aromatic nitrogens is 2. The smallest absolute Gasteiger partial charge is 0.223 e. The summed E-state index contributed by atoms with van der Waals surface area (Å²) in [6, 6.07) is 9.76. The van der Waals surface area contributed by atoms with E-state index in [1.54, 1.807) is 20.4 Å². The molecule has 0 aliphatic heterocycles. The number of hydrogen-bond donors (Lipinski definition) is 1. The summed E-state index contributed by atoms with van der Waals surface area (Å²) in [5.74, 6) is 2.77. The molecular weight excluding hydrogens is 532 g/mol. The number of fused-ring (bicyclic) bond motifs is 1. The number of ether oxygens (including phenoxy) is 1. The summed E-state index contributed by atoms with van der Waals surface area (Å²) in [6.07, 6.45) is 6.64. The van der Waals surface area contributed by atoms with E-state index in [1.807, 2.05) is 35.2 Å². The van der Waals surface area contributed by atoms with Crippen molar-refractivity contribution in [2.45, 2.75) is 87.5 Å². The molecule has 0 fully saturated rings. The van der Waals surface area contributed by atoms with E-state index in [0.717, 1.165) is 59.9 Å². The van der Waals surface area contributed by atoms with E-state index in [9.17, 15) is 4.79 Å². The molecule has 3 aromatic rings. The van der Waals surface area contributed by atoms with Gasteiger partial charge in [-0.15, -0.1) is 0 Å². The first-order chi connectivity index (χ1) is 19.5. The maximum Gasteiger partial charge on any atom is 0.223 e. The second-order valence-corrected chi connectivity index (χ2v) is 12.3. The van der Waals surface area contributed by atoms with Gasteiger partial charge >= 0.3 is 0 Å². The predicted molar refractivity (Wildman–Crippen MR) is 174 cm³/mol. The Labute approximate surface area is 252 Å². The summed E-state index contributed by atoms with van der Waals surface area (Å²) in [5, 5.41) is 5.03. The van der Waals surface area contributed by atoms with Gasteiger partial charge in [0, 0.05) is 35.6 Å². The lowest BCUT2D eigenvalue weighted by molar-refractivity contribution is -0.117. The molecule has 7 heteroatoms. The van der Waals surface area contributed by atoms with Gasteiger partial charge in [0.2, 0.25) is 5.91 Å². The van der Waals surface area contributed by atoms with Gasteiger partial charge in [-0.05, 0) is 59.8 Å². The van der Waals surface area contributed by atoms with Crippen LogP contribution in [0.1, 0.15) is 86.6 Å². The lowest BCUT2D eigenvalue weighted by Gasteiger charge is -2.47. The molecule has 0 saturated heterocycles. The quantitative estimate of drug-likeness (QED) is 0.206. The summed E-state index contributed by atoms with van der Waals surface area (Å²) >= 11 is 6.50. The molecule has 0 aliphatic carbocycles. The Morgan fingerprint density at radius 2 is 1.76 bits per heavy atom. The van der Waals surface area contributed by atoms with Crippen molar-refractivity contribution in [2.75, 3.05) is 23.9 Å². The number of halogens is 1. The zero-order valence-corrected chi connectivity index (χ0v) is 27.2. The number of nitrogens with zero attached hydrogens (tertiary/aromatic N) is 3. The molecule has 1 amide bonds. The summed E-state index contributed by atoms with van der Waals surface area (Å²) in [4.78, 5) is 24.6. The van der Waals surface area contributed by atoms with Gasteiger partial charge in [0.25, 0.3) is 0 Å². The SMILES string of the molecule is CCc1c(Cl)cccc1Nc1ncnc2cc(OC)c(N(CC(CCC(C)C)(C(C)CC)C(C)CC)C(C)=O)cc12. The molecule has 2 aromatic carbocycles. The van der Waals surface area contributed by atoms with Gasteiger partial charge in [0.05, 0.1) is 18.3 Å². The van der Waals surface area contributed by atoms with Crippen LogP contribution in [0.5, 0.6) is 5.75 Å². The van der Waals surface area contributed by atoms with E-state index >= 15 is 0 Å². The monoisotopic (exact) mass is 580 g/mol. The van der Waals surface area contributed by atoms with Gasteiger partial charge in [-0.1, -0.05) is 85.4 Å². The zero-order valence-electron chi connectivity index (χ0n) is 26.5. The maximum absolute atomic E-state index is 13.5. The van der Waals surface area contributed by atoms with E-state index in [0.29, 0.717) is 40.9 Å². The molecule has 0 aliphatic rings. The van der Waals surface area contributed by atoms with E-state index in [2.05, 4.69) is 63.8 Å². The van der Waals surface area contributed by atoms with Crippen LogP contribution in [0.3, 0.4) is 0 Å². The number of nitrogens with one attached hydrogen (secondary N) is 1. The Morgan fingerprint density at radius 1 is 1.07 bits per heavy atom. The molecule has 3 rings (SSSR count). The van der Waals surface area contributed by atoms with E-state index in [-0.39, 0.29) is 11.3 Å². The van der Waals surface area contributed by atoms with Crippen molar-refractivity contribution in [3.05, 3.63) is 47.2 Å². The average molecular weight is 581 g/mol. The highest BCUT2D eigenvalue weighted by molar-refractivity contribution is 6.31. The number of carbonyl (C=O) groups is 1. The number of carbonyl (C=O) groups excluding carboxylic acids is 1. The van der Waals surface area contributed by atoms with Gasteiger partial charge in [-0.3, -0.25) is 4.79 Å². The Morgan fingerprint density at radius 3 is 2.32 bits per heavy atom. The van der Waals surface area contributed by atoms with Crippen LogP contribution in [0.4, 0.5) is 17.2 Å². The molecule has 0 radical (unpaired) electrons. The molecule has 1 N–H and O–H groups in total. The largest absolute Gasteiger partial charge is 0.494 e. The lowest BCUT2D eigenvalue weighted by atomic mass is 9.62. The van der Waals surface area contributed by atoms with Crippen LogP contribution in [-0.2, 0) is 11.2 Å². The van der Waals surface area contributed by atoms with E-state index in [4.69, 9.17) is 16.3 Å². The van der Waals surface area contributed by atoms with Crippen molar-refractivity contribution in [1.29, 1.82) is 0 Å². The molecule has 0 spiro atoms. The number of rotatable bonds is 14. The third-order valence-corrected chi connectivity index (χ3v) is 9.51. The highest BCUT2D eigenvalue weighted by Gasteiger charge is 2.42. The Balaban J connectivity index is 2.20. The normalized spacial score (nSPS) is 14.5. The Hall–Kier alpha value is -2.86. The molecule has 6 nitrogen and oxygen atoms in total. The second-order valence-electron chi connectivity index (χ2n) is 11.9. The summed E-state index contributed by atoms with van der Waals surface area (Å²) in [7, 11) is 1.65. The molecule has 41 heavy (non-hydrogen) atoms. The molecule has 2 unspecified atom stereocenters. The number of amides is 1. The first-order valence-corrected chi connectivity index (χ1v) is 15.6. The third-order valence-electron chi connectivity index (χ3n) is 9.16. The summed E-state index contributed by atoms with van der Waals surface area (Å²) in [6.45, 7) is 18.2. The lowest BCUT2D eigenvalue weighted by Crippen LogP contribution is -2.48. The van der Waals surface area contributed by atoms with Crippen LogP contribution in [0.25, 0.3) is 10.9 Å². The molecule has 224 valence electrons. The number of anilines is 3. The van der Waals surface area contributed by atoms with Gasteiger partial charge in [0.15, 0.2) is 0 Å². The van der Waals surface area contributed by atoms with Crippen molar-refractivity contribution >= 4 is 45.6 Å². The standard InChI is InChI=1S/C34H49ClN4O2/c1-10-23(6)34(24(7)11-2,17-16-22(4)5)20-39(25(8)40)31-18-27-30(19-32(31)41-9)36-21-37-33(27)38-29-15-13-14-28(35)26(29)12-3/h13-15,18-19,21-24H,10-12,16-17,20H2,1-9H3,(H,36,37,38). The number of benzene rings is 2. The zero-order chi connectivity index (χ0) is 30.3. The topological polar surface area (TPSA) is 67.4 Å².